The number of anilines is 2. The summed E-state index contributed by atoms with van der Waals surface area (Å²) in [6.45, 7) is 6.29. The first-order valence-electron chi connectivity index (χ1n) is 9.44. The largest absolute Gasteiger partial charge is 0.497 e. The molecule has 7 nitrogen and oxygen atoms in total. The maximum Gasteiger partial charge on any atom is 0.279 e. The van der Waals surface area contributed by atoms with Gasteiger partial charge >= 0.3 is 0 Å². The van der Waals surface area contributed by atoms with Crippen molar-refractivity contribution in [2.24, 2.45) is 0 Å². The maximum absolute atomic E-state index is 12.4. The molecule has 2 aromatic rings. The van der Waals surface area contributed by atoms with Gasteiger partial charge in [0.05, 0.1) is 27.0 Å². The lowest BCUT2D eigenvalue weighted by Gasteiger charge is -2.17. The molecule has 29 heavy (non-hydrogen) atoms. The van der Waals surface area contributed by atoms with Crippen LogP contribution in [0.1, 0.15) is 16.7 Å². The van der Waals surface area contributed by atoms with E-state index in [1.165, 1.54) is 7.11 Å². The second kappa shape index (κ2) is 9.93. The molecule has 3 N–H and O–H groups in total. The van der Waals surface area contributed by atoms with Crippen molar-refractivity contribution in [3.8, 4) is 11.5 Å². The van der Waals surface area contributed by atoms with E-state index in [4.69, 9.17) is 9.47 Å². The van der Waals surface area contributed by atoms with Gasteiger partial charge in [0.2, 0.25) is 0 Å². The van der Waals surface area contributed by atoms with Gasteiger partial charge in [-0.2, -0.15) is 0 Å². The first kappa shape index (κ1) is 22.2. The minimum absolute atomic E-state index is 0.135. The highest BCUT2D eigenvalue weighted by Crippen LogP contribution is 2.28. The minimum atomic E-state index is -0.218. The molecule has 0 radical (unpaired) electrons. The van der Waals surface area contributed by atoms with E-state index in [2.05, 4.69) is 10.6 Å². The quantitative estimate of drug-likeness (QED) is 0.630. The van der Waals surface area contributed by atoms with Gasteiger partial charge in [0.25, 0.3) is 11.8 Å². The molecule has 2 amide bonds. The highest BCUT2D eigenvalue weighted by atomic mass is 16.5. The van der Waals surface area contributed by atoms with Gasteiger partial charge in [0.15, 0.2) is 13.1 Å². The Morgan fingerprint density at radius 2 is 1.48 bits per heavy atom. The lowest BCUT2D eigenvalue weighted by atomic mass is 10.1. The molecular formula is C22H30N3O4+. The Kier molecular flexibility index (Phi) is 7.61. The van der Waals surface area contributed by atoms with Crippen molar-refractivity contribution in [2.75, 3.05) is 45.0 Å². The van der Waals surface area contributed by atoms with Crippen LogP contribution in [0, 0.1) is 20.8 Å². The van der Waals surface area contributed by atoms with Gasteiger partial charge in [-0.15, -0.1) is 0 Å². The first-order valence-corrected chi connectivity index (χ1v) is 9.44. The van der Waals surface area contributed by atoms with E-state index in [1.54, 1.807) is 32.4 Å². The van der Waals surface area contributed by atoms with Gasteiger partial charge < -0.3 is 25.0 Å². The molecule has 7 heteroatoms. The number of carbonyl (C=O) groups is 2. The van der Waals surface area contributed by atoms with E-state index in [1.807, 2.05) is 32.9 Å². The van der Waals surface area contributed by atoms with E-state index in [-0.39, 0.29) is 24.9 Å². The fourth-order valence-electron chi connectivity index (χ4n) is 3.28. The summed E-state index contributed by atoms with van der Waals surface area (Å²) < 4.78 is 10.5. The van der Waals surface area contributed by atoms with Gasteiger partial charge in [-0.25, -0.2) is 0 Å². The fourth-order valence-corrected chi connectivity index (χ4v) is 3.28. The number of likely N-dealkylation sites (N-methyl/N-ethyl adjacent to an activating group) is 1. The third-order valence-electron chi connectivity index (χ3n) is 4.55. The number of hydrogen-bond donors (Lipinski definition) is 3. The average molecular weight is 400 g/mol. The van der Waals surface area contributed by atoms with Crippen LogP contribution in [-0.4, -0.2) is 46.2 Å². The first-order chi connectivity index (χ1) is 13.7. The predicted molar refractivity (Wildman–Crippen MR) is 114 cm³/mol. The number of nitrogens with one attached hydrogen (secondary N) is 3. The molecule has 0 fully saturated rings. The number of methoxy groups -OCH3 is 2. The number of aryl methyl sites for hydroxylation is 3. The third kappa shape index (κ3) is 6.22. The molecule has 2 aromatic carbocycles. The van der Waals surface area contributed by atoms with Crippen molar-refractivity contribution in [3.05, 3.63) is 47.0 Å². The Labute approximate surface area is 172 Å². The van der Waals surface area contributed by atoms with Crippen molar-refractivity contribution in [1.29, 1.82) is 0 Å². The number of carbonyl (C=O) groups excluding carboxylic acids is 2. The standard InChI is InChI=1S/C22H29N3O4/c1-14-9-15(2)22(16(3)10-14)24-21(27)13-25(4)12-20(26)23-18-11-17(28-5)7-8-19(18)29-6/h7-11H,12-13H2,1-6H3,(H,23,26)(H,24,27)/p+1. The summed E-state index contributed by atoms with van der Waals surface area (Å²) in [5, 5.41) is 5.78. The van der Waals surface area contributed by atoms with Crippen LogP contribution < -0.4 is 25.0 Å². The number of quaternary nitrogens is 1. The third-order valence-corrected chi connectivity index (χ3v) is 4.55. The minimum Gasteiger partial charge on any atom is -0.497 e. The molecule has 156 valence electrons. The molecule has 0 aliphatic rings. The molecule has 0 saturated heterocycles. The van der Waals surface area contributed by atoms with Crippen molar-refractivity contribution in [3.63, 3.8) is 0 Å². The average Bonchev–Trinajstić information content (AvgIpc) is 2.64. The van der Waals surface area contributed by atoms with E-state index in [0.29, 0.717) is 17.2 Å². The SMILES string of the molecule is COc1ccc(OC)c(NC(=O)C[NH+](C)CC(=O)Nc2c(C)cc(C)cc2C)c1. The number of ether oxygens (including phenoxy) is 2. The van der Waals surface area contributed by atoms with Crippen LogP contribution in [0.3, 0.4) is 0 Å². The van der Waals surface area contributed by atoms with Crippen molar-refractivity contribution >= 4 is 23.2 Å². The van der Waals surface area contributed by atoms with Crippen LogP contribution in [0.25, 0.3) is 0 Å². The highest BCUT2D eigenvalue weighted by Gasteiger charge is 2.17. The monoisotopic (exact) mass is 400 g/mol. The lowest BCUT2D eigenvalue weighted by Crippen LogP contribution is -3.11. The highest BCUT2D eigenvalue weighted by molar-refractivity contribution is 5.94. The van der Waals surface area contributed by atoms with Crippen molar-refractivity contribution in [1.82, 2.24) is 0 Å². The van der Waals surface area contributed by atoms with Gasteiger partial charge in [-0.05, 0) is 44.0 Å². The predicted octanol–water partition coefficient (Wildman–Crippen LogP) is 1.72. The normalized spacial score (nSPS) is 11.5. The van der Waals surface area contributed by atoms with E-state index in [9.17, 15) is 9.59 Å². The number of benzene rings is 2. The fraction of sp³-hybridized carbons (Fsp3) is 0.364. The lowest BCUT2D eigenvalue weighted by molar-refractivity contribution is -0.862. The molecule has 1 atom stereocenters. The molecular weight excluding hydrogens is 370 g/mol. The van der Waals surface area contributed by atoms with E-state index in [0.717, 1.165) is 27.3 Å². The Balaban J connectivity index is 1.94. The molecule has 0 aliphatic heterocycles. The zero-order valence-corrected chi connectivity index (χ0v) is 17.9. The molecule has 0 aliphatic carbocycles. The summed E-state index contributed by atoms with van der Waals surface area (Å²) in [5.74, 6) is 0.804. The Morgan fingerprint density at radius 1 is 0.897 bits per heavy atom. The van der Waals surface area contributed by atoms with Crippen LogP contribution in [0.2, 0.25) is 0 Å². The molecule has 1 unspecified atom stereocenters. The molecule has 0 saturated carbocycles. The van der Waals surface area contributed by atoms with E-state index >= 15 is 0 Å². The molecule has 0 spiro atoms. The number of rotatable bonds is 8. The summed E-state index contributed by atoms with van der Waals surface area (Å²) in [6.07, 6.45) is 0. The Hall–Kier alpha value is -3.06. The second-order valence-corrected chi connectivity index (χ2v) is 7.25. The molecule has 0 bridgehead atoms. The Bertz CT molecular complexity index is 873. The van der Waals surface area contributed by atoms with Crippen molar-refractivity contribution in [2.45, 2.75) is 20.8 Å². The zero-order chi connectivity index (χ0) is 21.6. The van der Waals surface area contributed by atoms with Gasteiger partial charge in [-0.1, -0.05) is 17.7 Å². The second-order valence-electron chi connectivity index (χ2n) is 7.25. The van der Waals surface area contributed by atoms with Gasteiger partial charge in [-0.3, -0.25) is 9.59 Å². The summed E-state index contributed by atoms with van der Waals surface area (Å²) in [5.41, 5.74) is 4.57. The summed E-state index contributed by atoms with van der Waals surface area (Å²) in [6, 6.07) is 9.25. The van der Waals surface area contributed by atoms with Gasteiger partial charge in [0.1, 0.15) is 11.5 Å². The summed E-state index contributed by atoms with van der Waals surface area (Å²) >= 11 is 0. The molecule has 0 aromatic heterocycles. The van der Waals surface area contributed by atoms with Crippen molar-refractivity contribution < 1.29 is 24.0 Å². The Morgan fingerprint density at radius 3 is 2.03 bits per heavy atom. The zero-order valence-electron chi connectivity index (χ0n) is 17.9. The van der Waals surface area contributed by atoms with Crippen LogP contribution >= 0.6 is 0 Å². The maximum atomic E-state index is 12.4. The summed E-state index contributed by atoms with van der Waals surface area (Å²) in [7, 11) is 4.90. The van der Waals surface area contributed by atoms with E-state index < -0.39 is 0 Å². The van der Waals surface area contributed by atoms with Gasteiger partial charge in [0, 0.05) is 11.8 Å². The topological polar surface area (TPSA) is 81.1 Å². The van der Waals surface area contributed by atoms with Crippen LogP contribution in [-0.2, 0) is 9.59 Å². The van der Waals surface area contributed by atoms with Crippen LogP contribution in [0.15, 0.2) is 30.3 Å². The summed E-state index contributed by atoms with van der Waals surface area (Å²) in [4.78, 5) is 25.6. The molecule has 0 heterocycles. The molecule has 2 rings (SSSR count). The number of amides is 2. The smallest absolute Gasteiger partial charge is 0.279 e. The number of hydrogen-bond acceptors (Lipinski definition) is 4. The van der Waals surface area contributed by atoms with Crippen LogP contribution in [0.4, 0.5) is 11.4 Å². The van der Waals surface area contributed by atoms with Crippen LogP contribution in [0.5, 0.6) is 11.5 Å².